The van der Waals surface area contributed by atoms with Crippen LogP contribution in [0.4, 0.5) is 0 Å². The molecule has 1 aliphatic rings. The van der Waals surface area contributed by atoms with E-state index in [1.54, 1.807) is 0 Å². The highest BCUT2D eigenvalue weighted by Gasteiger charge is 2.35. The number of hydrogen-bond acceptors (Lipinski definition) is 3. The summed E-state index contributed by atoms with van der Waals surface area (Å²) in [5.41, 5.74) is 1.64. The Kier molecular flexibility index (Phi) is 2.06. The summed E-state index contributed by atoms with van der Waals surface area (Å²) >= 11 is 0. The van der Waals surface area contributed by atoms with Crippen molar-refractivity contribution >= 4 is 5.97 Å². The predicted molar refractivity (Wildman–Crippen MR) is 49.3 cm³/mol. The molecule has 0 fully saturated rings. The lowest BCUT2D eigenvalue weighted by molar-refractivity contribution is -0.138. The van der Waals surface area contributed by atoms with Gasteiger partial charge in [0.05, 0.1) is 11.6 Å². The van der Waals surface area contributed by atoms with Crippen molar-refractivity contribution in [1.82, 2.24) is 5.16 Å². The van der Waals surface area contributed by atoms with Gasteiger partial charge in [0.2, 0.25) is 0 Å². The first kappa shape index (κ1) is 9.24. The molecule has 1 aromatic rings. The molecular formula is C10H13NO3. The maximum atomic E-state index is 11.0. The van der Waals surface area contributed by atoms with E-state index in [0.29, 0.717) is 12.8 Å². The van der Waals surface area contributed by atoms with Crippen LogP contribution in [0.1, 0.15) is 49.1 Å². The highest BCUT2D eigenvalue weighted by molar-refractivity contribution is 5.77. The third-order valence-electron chi connectivity index (χ3n) is 2.68. The summed E-state index contributed by atoms with van der Waals surface area (Å²) < 4.78 is 5.14. The smallest absolute Gasteiger partial charge is 0.311 e. The fraction of sp³-hybridized carbons (Fsp3) is 0.600. The van der Waals surface area contributed by atoms with Crippen molar-refractivity contribution in [3.63, 3.8) is 0 Å². The van der Waals surface area contributed by atoms with Gasteiger partial charge >= 0.3 is 5.97 Å². The van der Waals surface area contributed by atoms with Gasteiger partial charge in [0.1, 0.15) is 5.76 Å². The van der Waals surface area contributed by atoms with Gasteiger partial charge in [-0.2, -0.15) is 0 Å². The fourth-order valence-corrected chi connectivity index (χ4v) is 1.98. The number of aryl methyl sites for hydroxylation is 1. The van der Waals surface area contributed by atoms with Crippen LogP contribution in [0.15, 0.2) is 4.52 Å². The van der Waals surface area contributed by atoms with E-state index in [1.165, 1.54) is 0 Å². The molecule has 0 saturated carbocycles. The Bertz CT molecular complexity index is 367. The second-order valence-corrected chi connectivity index (χ2v) is 3.99. The van der Waals surface area contributed by atoms with Crippen LogP contribution in [-0.4, -0.2) is 16.2 Å². The van der Waals surface area contributed by atoms with Gasteiger partial charge in [-0.25, -0.2) is 0 Å². The van der Waals surface area contributed by atoms with E-state index in [9.17, 15) is 4.79 Å². The molecule has 1 aromatic heterocycles. The largest absolute Gasteiger partial charge is 0.481 e. The van der Waals surface area contributed by atoms with Gasteiger partial charge in [0.25, 0.3) is 0 Å². The SMILES string of the molecule is CC(C)c1noc2c1C(C(=O)O)CC2. The van der Waals surface area contributed by atoms with Crippen molar-refractivity contribution in [2.24, 2.45) is 0 Å². The van der Waals surface area contributed by atoms with Crippen molar-refractivity contribution in [3.05, 3.63) is 17.0 Å². The summed E-state index contributed by atoms with van der Waals surface area (Å²) in [6.45, 7) is 3.99. The first-order chi connectivity index (χ1) is 6.61. The fourth-order valence-electron chi connectivity index (χ4n) is 1.98. The van der Waals surface area contributed by atoms with E-state index in [0.717, 1.165) is 17.0 Å². The number of carbonyl (C=O) groups is 1. The standard InChI is InChI=1S/C10H13NO3/c1-5(2)9-8-6(10(12)13)3-4-7(8)14-11-9/h5-6H,3-4H2,1-2H3,(H,12,13). The monoisotopic (exact) mass is 195 g/mol. The van der Waals surface area contributed by atoms with Gasteiger partial charge in [-0.15, -0.1) is 0 Å². The van der Waals surface area contributed by atoms with E-state index >= 15 is 0 Å². The third-order valence-corrected chi connectivity index (χ3v) is 2.68. The van der Waals surface area contributed by atoms with Crippen molar-refractivity contribution in [2.45, 2.75) is 38.5 Å². The molecule has 4 nitrogen and oxygen atoms in total. The number of fused-ring (bicyclic) bond motifs is 1. The molecule has 0 amide bonds. The zero-order chi connectivity index (χ0) is 10.3. The molecule has 76 valence electrons. The Hall–Kier alpha value is -1.32. The maximum Gasteiger partial charge on any atom is 0.311 e. The van der Waals surface area contributed by atoms with Crippen molar-refractivity contribution in [3.8, 4) is 0 Å². The van der Waals surface area contributed by atoms with Gasteiger partial charge < -0.3 is 9.63 Å². The van der Waals surface area contributed by atoms with E-state index < -0.39 is 11.9 Å². The lowest BCUT2D eigenvalue weighted by Gasteiger charge is -2.06. The highest BCUT2D eigenvalue weighted by Crippen LogP contribution is 2.38. The number of carboxylic acids is 1. The van der Waals surface area contributed by atoms with E-state index in [1.807, 2.05) is 13.8 Å². The third kappa shape index (κ3) is 1.22. The number of rotatable bonds is 2. The van der Waals surface area contributed by atoms with Crippen LogP contribution >= 0.6 is 0 Å². The average molecular weight is 195 g/mol. The minimum Gasteiger partial charge on any atom is -0.481 e. The normalized spacial score (nSPS) is 20.1. The Morgan fingerprint density at radius 1 is 1.64 bits per heavy atom. The number of nitrogens with zero attached hydrogens (tertiary/aromatic N) is 1. The van der Waals surface area contributed by atoms with Gasteiger partial charge in [0.15, 0.2) is 0 Å². The summed E-state index contributed by atoms with van der Waals surface area (Å²) in [4.78, 5) is 11.0. The summed E-state index contributed by atoms with van der Waals surface area (Å²) in [6.07, 6.45) is 1.35. The first-order valence-corrected chi connectivity index (χ1v) is 4.82. The van der Waals surface area contributed by atoms with Crippen molar-refractivity contribution in [2.75, 3.05) is 0 Å². The van der Waals surface area contributed by atoms with Gasteiger partial charge in [-0.3, -0.25) is 4.79 Å². The Labute approximate surface area is 81.9 Å². The van der Waals surface area contributed by atoms with E-state index in [-0.39, 0.29) is 5.92 Å². The van der Waals surface area contributed by atoms with Crippen LogP contribution in [0.3, 0.4) is 0 Å². The van der Waals surface area contributed by atoms with E-state index in [4.69, 9.17) is 9.63 Å². The van der Waals surface area contributed by atoms with E-state index in [2.05, 4.69) is 5.16 Å². The maximum absolute atomic E-state index is 11.0. The first-order valence-electron chi connectivity index (χ1n) is 4.82. The molecule has 0 saturated heterocycles. The summed E-state index contributed by atoms with van der Waals surface area (Å²) in [5.74, 6) is -0.189. The van der Waals surface area contributed by atoms with Gasteiger partial charge in [-0.1, -0.05) is 19.0 Å². The van der Waals surface area contributed by atoms with Crippen LogP contribution < -0.4 is 0 Å². The molecule has 0 bridgehead atoms. The molecule has 0 aliphatic heterocycles. The van der Waals surface area contributed by atoms with Crippen LogP contribution in [-0.2, 0) is 11.2 Å². The second-order valence-electron chi connectivity index (χ2n) is 3.99. The molecule has 14 heavy (non-hydrogen) atoms. The Balaban J connectivity index is 2.45. The molecule has 1 heterocycles. The number of aromatic nitrogens is 1. The zero-order valence-corrected chi connectivity index (χ0v) is 8.28. The molecule has 0 spiro atoms. The molecule has 4 heteroatoms. The molecule has 0 radical (unpaired) electrons. The zero-order valence-electron chi connectivity index (χ0n) is 8.28. The minimum absolute atomic E-state index is 0.224. The summed E-state index contributed by atoms with van der Waals surface area (Å²) in [5, 5.41) is 12.9. The Morgan fingerprint density at radius 2 is 2.36 bits per heavy atom. The molecular weight excluding hydrogens is 182 g/mol. The second kappa shape index (κ2) is 3.12. The van der Waals surface area contributed by atoms with Crippen LogP contribution in [0.2, 0.25) is 0 Å². The average Bonchev–Trinajstić information content (AvgIpc) is 2.59. The van der Waals surface area contributed by atoms with Gasteiger partial charge in [-0.05, 0) is 12.3 Å². The highest BCUT2D eigenvalue weighted by atomic mass is 16.5. The lowest BCUT2D eigenvalue weighted by atomic mass is 9.97. The quantitative estimate of drug-likeness (QED) is 0.782. The Morgan fingerprint density at radius 3 is 2.93 bits per heavy atom. The van der Waals surface area contributed by atoms with Gasteiger partial charge in [0, 0.05) is 12.0 Å². The predicted octanol–water partition coefficient (Wildman–Crippen LogP) is 1.91. The number of hydrogen-bond donors (Lipinski definition) is 1. The summed E-state index contributed by atoms with van der Waals surface area (Å²) in [7, 11) is 0. The van der Waals surface area contributed by atoms with Crippen LogP contribution in [0, 0.1) is 0 Å². The molecule has 0 aromatic carbocycles. The molecule has 1 unspecified atom stereocenters. The van der Waals surface area contributed by atoms with Crippen molar-refractivity contribution in [1.29, 1.82) is 0 Å². The minimum atomic E-state index is -0.770. The van der Waals surface area contributed by atoms with Crippen LogP contribution in [0.5, 0.6) is 0 Å². The van der Waals surface area contributed by atoms with Crippen molar-refractivity contribution < 1.29 is 14.4 Å². The lowest BCUT2D eigenvalue weighted by Crippen LogP contribution is -2.10. The van der Waals surface area contributed by atoms with Crippen LogP contribution in [0.25, 0.3) is 0 Å². The molecule has 1 atom stereocenters. The summed E-state index contributed by atoms with van der Waals surface area (Å²) in [6, 6.07) is 0. The number of carboxylic acid groups (broad SMARTS) is 1. The number of aliphatic carboxylic acids is 1. The molecule has 1 aliphatic carbocycles. The molecule has 2 rings (SSSR count). The molecule has 1 N–H and O–H groups in total. The topological polar surface area (TPSA) is 63.3 Å².